The molecule has 8 heteroatoms. The maximum absolute atomic E-state index is 12.8. The van der Waals surface area contributed by atoms with Crippen molar-refractivity contribution >= 4 is 57.9 Å². The van der Waals surface area contributed by atoms with Gasteiger partial charge in [-0.15, -0.1) is 0 Å². The number of carbonyl (C=O) groups is 3. The second-order valence-electron chi connectivity index (χ2n) is 7.23. The first kappa shape index (κ1) is 22.6. The molecule has 0 aliphatic carbocycles. The van der Waals surface area contributed by atoms with Gasteiger partial charge in [0, 0.05) is 17.6 Å². The van der Waals surface area contributed by atoms with Crippen LogP contribution in [0.2, 0.25) is 5.02 Å². The Bertz CT molecular complexity index is 1220. The molecule has 1 aliphatic heterocycles. The Kier molecular flexibility index (Phi) is 6.82. The lowest BCUT2D eigenvalue weighted by atomic mass is 10.2. The van der Waals surface area contributed by atoms with Crippen molar-refractivity contribution in [1.82, 2.24) is 0 Å². The number of imide groups is 1. The van der Waals surface area contributed by atoms with Gasteiger partial charge in [0.25, 0.3) is 11.1 Å². The molecule has 1 aliphatic rings. The van der Waals surface area contributed by atoms with Crippen LogP contribution in [-0.4, -0.2) is 17.1 Å². The van der Waals surface area contributed by atoms with Gasteiger partial charge in [-0.3, -0.25) is 14.4 Å². The Morgan fingerprint density at radius 1 is 1.00 bits per heavy atom. The van der Waals surface area contributed by atoms with Gasteiger partial charge in [-0.25, -0.2) is 4.90 Å². The van der Waals surface area contributed by atoms with E-state index in [9.17, 15) is 14.4 Å². The summed E-state index contributed by atoms with van der Waals surface area (Å²) in [6.45, 7) is 1.82. The normalized spacial score (nSPS) is 14.6. The molecule has 4 rings (SSSR count). The van der Waals surface area contributed by atoms with Crippen molar-refractivity contribution in [3.05, 3.63) is 93.9 Å². The van der Waals surface area contributed by atoms with Crippen LogP contribution in [0.1, 0.15) is 18.1 Å². The van der Waals surface area contributed by atoms with Crippen LogP contribution < -0.4 is 15.0 Å². The van der Waals surface area contributed by atoms with E-state index in [4.69, 9.17) is 16.3 Å². The largest absolute Gasteiger partial charge is 0.489 e. The van der Waals surface area contributed by atoms with Gasteiger partial charge in [0.1, 0.15) is 12.4 Å². The van der Waals surface area contributed by atoms with Gasteiger partial charge < -0.3 is 10.1 Å². The minimum Gasteiger partial charge on any atom is -0.489 e. The Labute approximate surface area is 200 Å². The number of halogens is 1. The van der Waals surface area contributed by atoms with Crippen LogP contribution in [0.5, 0.6) is 5.75 Å². The fraction of sp³-hybridized carbons (Fsp3) is 0.0800. The molecule has 1 heterocycles. The summed E-state index contributed by atoms with van der Waals surface area (Å²) in [7, 11) is 0. The Morgan fingerprint density at radius 3 is 2.30 bits per heavy atom. The fourth-order valence-corrected chi connectivity index (χ4v) is 4.11. The number of hydrogen-bond acceptors (Lipinski definition) is 5. The van der Waals surface area contributed by atoms with E-state index < -0.39 is 0 Å². The van der Waals surface area contributed by atoms with Crippen molar-refractivity contribution in [3.8, 4) is 5.75 Å². The third kappa shape index (κ3) is 5.63. The van der Waals surface area contributed by atoms with Gasteiger partial charge >= 0.3 is 0 Å². The summed E-state index contributed by atoms with van der Waals surface area (Å²) < 4.78 is 5.78. The first-order valence-corrected chi connectivity index (χ1v) is 11.2. The number of amides is 3. The molecule has 0 atom stereocenters. The summed E-state index contributed by atoms with van der Waals surface area (Å²) in [6, 6.07) is 21.2. The van der Waals surface area contributed by atoms with Crippen molar-refractivity contribution in [2.45, 2.75) is 13.5 Å². The highest BCUT2D eigenvalue weighted by Gasteiger charge is 2.36. The zero-order valence-corrected chi connectivity index (χ0v) is 19.2. The van der Waals surface area contributed by atoms with E-state index >= 15 is 0 Å². The monoisotopic (exact) mass is 478 g/mol. The summed E-state index contributed by atoms with van der Waals surface area (Å²) in [5.74, 6) is 0.105. The van der Waals surface area contributed by atoms with Crippen molar-refractivity contribution in [3.63, 3.8) is 0 Å². The second kappa shape index (κ2) is 9.94. The van der Waals surface area contributed by atoms with Gasteiger partial charge in [-0.05, 0) is 77.5 Å². The van der Waals surface area contributed by atoms with Crippen LogP contribution >= 0.6 is 23.4 Å². The van der Waals surface area contributed by atoms with E-state index in [2.05, 4.69) is 5.32 Å². The average Bonchev–Trinajstić information content (AvgIpc) is 3.07. The molecule has 6 nitrogen and oxygen atoms in total. The van der Waals surface area contributed by atoms with Gasteiger partial charge in [0.05, 0.1) is 10.6 Å². The highest BCUT2D eigenvalue weighted by atomic mass is 35.5. The van der Waals surface area contributed by atoms with Crippen molar-refractivity contribution in [1.29, 1.82) is 0 Å². The minimum absolute atomic E-state index is 0.196. The van der Waals surface area contributed by atoms with Crippen LogP contribution in [-0.2, 0) is 16.2 Å². The number of ether oxygens (including phenoxy) is 1. The minimum atomic E-state index is -0.389. The van der Waals surface area contributed by atoms with E-state index in [0.29, 0.717) is 33.7 Å². The molecular weight excluding hydrogens is 460 g/mol. The molecule has 1 fully saturated rings. The highest BCUT2D eigenvalue weighted by molar-refractivity contribution is 8.19. The molecule has 0 spiro atoms. The number of hydrogen-bond donors (Lipinski definition) is 1. The molecule has 0 unspecified atom stereocenters. The molecule has 0 bridgehead atoms. The number of thioether (sulfide) groups is 1. The van der Waals surface area contributed by atoms with Crippen molar-refractivity contribution < 1.29 is 19.1 Å². The lowest BCUT2D eigenvalue weighted by Gasteiger charge is -2.13. The summed E-state index contributed by atoms with van der Waals surface area (Å²) >= 11 is 6.78. The highest BCUT2D eigenvalue weighted by Crippen LogP contribution is 2.36. The SMILES string of the molecule is CC(=O)Nc1ccc(N2C(=O)S/C(=C\c3ccc(OCc4ccc(Cl)cc4)cc3)C2=O)cc1. The predicted octanol–water partition coefficient (Wildman–Crippen LogP) is 6.12. The van der Waals surface area contributed by atoms with Gasteiger partial charge in [0.15, 0.2) is 0 Å². The molecule has 1 saturated heterocycles. The van der Waals surface area contributed by atoms with Gasteiger partial charge in [0.2, 0.25) is 5.91 Å². The third-order valence-corrected chi connectivity index (χ3v) is 5.86. The molecule has 166 valence electrons. The third-order valence-electron chi connectivity index (χ3n) is 4.74. The lowest BCUT2D eigenvalue weighted by molar-refractivity contribution is -0.114. The van der Waals surface area contributed by atoms with Crippen LogP contribution in [0, 0.1) is 0 Å². The zero-order chi connectivity index (χ0) is 23.4. The summed E-state index contributed by atoms with van der Waals surface area (Å²) in [5.41, 5.74) is 2.82. The topological polar surface area (TPSA) is 75.7 Å². The molecule has 3 aromatic carbocycles. The van der Waals surface area contributed by atoms with Crippen LogP contribution in [0.4, 0.5) is 16.2 Å². The number of nitrogens with zero attached hydrogens (tertiary/aromatic N) is 1. The first-order valence-electron chi connectivity index (χ1n) is 10.0. The number of carbonyl (C=O) groups excluding carboxylic acids is 3. The standard InChI is InChI=1S/C25H19ClN2O4S/c1-16(29)27-20-8-10-21(11-9-20)28-24(30)23(33-25(28)31)14-17-4-12-22(13-5-17)32-15-18-2-6-19(26)7-3-18/h2-14H,15H2,1H3,(H,27,29)/b23-14-. The molecule has 33 heavy (non-hydrogen) atoms. The summed E-state index contributed by atoms with van der Waals surface area (Å²) in [6.07, 6.45) is 1.68. The van der Waals surface area contributed by atoms with Crippen molar-refractivity contribution in [2.24, 2.45) is 0 Å². The van der Waals surface area contributed by atoms with E-state index in [1.807, 2.05) is 48.5 Å². The Balaban J connectivity index is 1.42. The first-order chi connectivity index (χ1) is 15.9. The van der Waals surface area contributed by atoms with Gasteiger partial charge in [-0.2, -0.15) is 0 Å². The van der Waals surface area contributed by atoms with E-state index in [0.717, 1.165) is 27.8 Å². The molecule has 3 aromatic rings. The molecule has 3 amide bonds. The van der Waals surface area contributed by atoms with E-state index in [1.54, 1.807) is 30.3 Å². The maximum atomic E-state index is 12.8. The van der Waals surface area contributed by atoms with Crippen LogP contribution in [0.15, 0.2) is 77.7 Å². The number of rotatable bonds is 6. The van der Waals surface area contributed by atoms with E-state index in [-0.39, 0.29) is 17.1 Å². The van der Waals surface area contributed by atoms with Crippen LogP contribution in [0.25, 0.3) is 6.08 Å². The molecule has 0 radical (unpaired) electrons. The molecular formula is C25H19ClN2O4S. The molecule has 0 saturated carbocycles. The predicted molar refractivity (Wildman–Crippen MR) is 131 cm³/mol. The Morgan fingerprint density at radius 2 is 1.67 bits per heavy atom. The zero-order valence-electron chi connectivity index (χ0n) is 17.6. The average molecular weight is 479 g/mol. The Hall–Kier alpha value is -3.55. The fourth-order valence-electron chi connectivity index (χ4n) is 3.15. The maximum Gasteiger partial charge on any atom is 0.298 e. The second-order valence-corrected chi connectivity index (χ2v) is 8.66. The molecule has 0 aromatic heterocycles. The summed E-state index contributed by atoms with van der Waals surface area (Å²) in [4.78, 5) is 37.9. The quantitative estimate of drug-likeness (QED) is 0.432. The summed E-state index contributed by atoms with van der Waals surface area (Å²) in [5, 5.41) is 2.95. The van der Waals surface area contributed by atoms with Crippen molar-refractivity contribution in [2.75, 3.05) is 10.2 Å². The van der Waals surface area contributed by atoms with Gasteiger partial charge in [-0.1, -0.05) is 35.9 Å². The smallest absolute Gasteiger partial charge is 0.298 e. The van der Waals surface area contributed by atoms with E-state index in [1.165, 1.54) is 6.92 Å². The number of anilines is 2. The lowest BCUT2D eigenvalue weighted by Crippen LogP contribution is -2.27. The molecule has 1 N–H and O–H groups in total. The van der Waals surface area contributed by atoms with Crippen LogP contribution in [0.3, 0.4) is 0 Å². The number of nitrogens with one attached hydrogen (secondary N) is 1. The number of benzene rings is 3.